The van der Waals surface area contributed by atoms with Gasteiger partial charge in [-0.1, -0.05) is 24.3 Å². The van der Waals surface area contributed by atoms with Crippen LogP contribution in [0.2, 0.25) is 0 Å². The summed E-state index contributed by atoms with van der Waals surface area (Å²) >= 11 is 0. The third kappa shape index (κ3) is 2.14. The fourth-order valence-electron chi connectivity index (χ4n) is 4.13. The fraction of sp³-hybridized carbons (Fsp3) is 0.588. The lowest BCUT2D eigenvalue weighted by Crippen LogP contribution is -2.42. The normalized spacial score (nSPS) is 29.3. The van der Waals surface area contributed by atoms with Crippen molar-refractivity contribution in [3.05, 3.63) is 35.4 Å². The molecule has 2 fully saturated rings. The second kappa shape index (κ2) is 4.88. The van der Waals surface area contributed by atoms with Gasteiger partial charge in [0.05, 0.1) is 0 Å². The maximum atomic E-state index is 12.8. The molecule has 2 heterocycles. The molecular formula is C17H22N2O. The van der Waals surface area contributed by atoms with Crippen molar-refractivity contribution in [2.24, 2.45) is 5.92 Å². The van der Waals surface area contributed by atoms with E-state index in [4.69, 9.17) is 0 Å². The molecule has 2 aliphatic heterocycles. The van der Waals surface area contributed by atoms with Crippen LogP contribution < -0.4 is 5.32 Å². The third-order valence-corrected chi connectivity index (χ3v) is 5.24. The molecule has 2 bridgehead atoms. The van der Waals surface area contributed by atoms with Crippen LogP contribution in [0.1, 0.15) is 30.4 Å². The van der Waals surface area contributed by atoms with E-state index < -0.39 is 0 Å². The lowest BCUT2D eigenvalue weighted by molar-refractivity contribution is -0.135. The Kier molecular flexibility index (Phi) is 3.03. The molecule has 1 aromatic carbocycles. The predicted molar refractivity (Wildman–Crippen MR) is 78.5 cm³/mol. The Morgan fingerprint density at radius 1 is 1.05 bits per heavy atom. The molecule has 0 radical (unpaired) electrons. The SMILES string of the molecule is O=C(C1Cc2ccccc2C1)N1CCC2CCC(C1)N2. The van der Waals surface area contributed by atoms with Crippen LogP contribution in [0.4, 0.5) is 0 Å². The van der Waals surface area contributed by atoms with Crippen molar-refractivity contribution in [2.45, 2.75) is 44.2 Å². The van der Waals surface area contributed by atoms with Gasteiger partial charge < -0.3 is 10.2 Å². The maximum absolute atomic E-state index is 12.8. The number of nitrogens with zero attached hydrogens (tertiary/aromatic N) is 1. The first-order valence-electron chi connectivity index (χ1n) is 7.91. The highest BCUT2D eigenvalue weighted by Crippen LogP contribution is 2.29. The number of rotatable bonds is 1. The van der Waals surface area contributed by atoms with E-state index in [1.807, 2.05) is 0 Å². The molecule has 2 atom stereocenters. The second-order valence-electron chi connectivity index (χ2n) is 6.58. The highest BCUT2D eigenvalue weighted by Gasteiger charge is 2.35. The number of carbonyl (C=O) groups excluding carboxylic acids is 1. The molecular weight excluding hydrogens is 248 g/mol. The summed E-state index contributed by atoms with van der Waals surface area (Å²) in [5, 5.41) is 3.65. The zero-order chi connectivity index (χ0) is 13.5. The summed E-state index contributed by atoms with van der Waals surface area (Å²) in [6.07, 6.45) is 5.53. The van der Waals surface area contributed by atoms with Crippen LogP contribution in [0.25, 0.3) is 0 Å². The van der Waals surface area contributed by atoms with Gasteiger partial charge in [0.1, 0.15) is 0 Å². The average molecular weight is 270 g/mol. The summed E-state index contributed by atoms with van der Waals surface area (Å²) in [4.78, 5) is 14.9. The Balaban J connectivity index is 1.46. The summed E-state index contributed by atoms with van der Waals surface area (Å²) in [5.41, 5.74) is 2.75. The van der Waals surface area contributed by atoms with Crippen LogP contribution in [0.5, 0.6) is 0 Å². The summed E-state index contributed by atoms with van der Waals surface area (Å²) in [7, 11) is 0. The number of amides is 1. The Labute approximate surface area is 120 Å². The summed E-state index contributed by atoms with van der Waals surface area (Å²) in [6, 6.07) is 9.71. The van der Waals surface area contributed by atoms with Crippen LogP contribution in [-0.2, 0) is 17.6 Å². The lowest BCUT2D eigenvalue weighted by atomic mass is 10.0. The van der Waals surface area contributed by atoms with E-state index in [0.717, 1.165) is 32.4 Å². The molecule has 1 aliphatic carbocycles. The number of likely N-dealkylation sites (tertiary alicyclic amines) is 1. The molecule has 106 valence electrons. The summed E-state index contributed by atoms with van der Waals surface area (Å²) < 4.78 is 0. The Hall–Kier alpha value is -1.35. The number of hydrogen-bond donors (Lipinski definition) is 1. The van der Waals surface area contributed by atoms with Crippen LogP contribution in [0.15, 0.2) is 24.3 Å². The molecule has 3 heteroatoms. The van der Waals surface area contributed by atoms with E-state index in [1.54, 1.807) is 0 Å². The van der Waals surface area contributed by atoms with Crippen molar-refractivity contribution in [1.82, 2.24) is 10.2 Å². The Morgan fingerprint density at radius 2 is 1.75 bits per heavy atom. The summed E-state index contributed by atoms with van der Waals surface area (Å²) in [5.74, 6) is 0.569. The first-order valence-corrected chi connectivity index (χ1v) is 7.91. The molecule has 2 saturated heterocycles. The number of fused-ring (bicyclic) bond motifs is 3. The van der Waals surface area contributed by atoms with E-state index in [1.165, 1.54) is 24.0 Å². The number of nitrogens with one attached hydrogen (secondary N) is 1. The third-order valence-electron chi connectivity index (χ3n) is 5.24. The molecule has 3 nitrogen and oxygen atoms in total. The van der Waals surface area contributed by atoms with Gasteiger partial charge in [-0.25, -0.2) is 0 Å². The van der Waals surface area contributed by atoms with Gasteiger partial charge in [0.15, 0.2) is 0 Å². The van der Waals surface area contributed by atoms with Crippen molar-refractivity contribution in [1.29, 1.82) is 0 Å². The van der Waals surface area contributed by atoms with E-state index in [2.05, 4.69) is 34.5 Å². The van der Waals surface area contributed by atoms with Crippen molar-refractivity contribution >= 4 is 5.91 Å². The van der Waals surface area contributed by atoms with Gasteiger partial charge in [0.25, 0.3) is 0 Å². The minimum atomic E-state index is 0.184. The van der Waals surface area contributed by atoms with Gasteiger partial charge in [-0.05, 0) is 43.2 Å². The predicted octanol–water partition coefficient (Wildman–Crippen LogP) is 1.75. The van der Waals surface area contributed by atoms with Crippen LogP contribution in [0.3, 0.4) is 0 Å². The fourth-order valence-corrected chi connectivity index (χ4v) is 4.13. The number of carbonyl (C=O) groups is 1. The lowest BCUT2D eigenvalue weighted by Gasteiger charge is -2.27. The van der Waals surface area contributed by atoms with Crippen molar-refractivity contribution in [3.63, 3.8) is 0 Å². The molecule has 1 amide bonds. The monoisotopic (exact) mass is 270 g/mol. The number of benzene rings is 1. The largest absolute Gasteiger partial charge is 0.341 e. The van der Waals surface area contributed by atoms with Crippen molar-refractivity contribution in [3.8, 4) is 0 Å². The van der Waals surface area contributed by atoms with Gasteiger partial charge in [-0.2, -0.15) is 0 Å². The molecule has 3 aliphatic rings. The average Bonchev–Trinajstić information content (AvgIpc) is 3.01. The van der Waals surface area contributed by atoms with Crippen LogP contribution >= 0.6 is 0 Å². The highest BCUT2D eigenvalue weighted by molar-refractivity contribution is 5.80. The maximum Gasteiger partial charge on any atom is 0.226 e. The minimum Gasteiger partial charge on any atom is -0.341 e. The van der Waals surface area contributed by atoms with E-state index >= 15 is 0 Å². The minimum absolute atomic E-state index is 0.184. The van der Waals surface area contributed by atoms with Crippen molar-refractivity contribution < 1.29 is 4.79 Å². The topological polar surface area (TPSA) is 32.3 Å². The Morgan fingerprint density at radius 3 is 2.50 bits per heavy atom. The number of hydrogen-bond acceptors (Lipinski definition) is 2. The molecule has 1 aromatic rings. The molecule has 20 heavy (non-hydrogen) atoms. The van der Waals surface area contributed by atoms with E-state index in [9.17, 15) is 4.79 Å². The standard InChI is InChI=1S/C17H22N2O/c20-17(14-9-12-3-1-2-4-13(12)10-14)19-8-7-15-5-6-16(11-19)18-15/h1-4,14-16,18H,5-11H2. The molecule has 1 N–H and O–H groups in total. The molecule has 0 saturated carbocycles. The van der Waals surface area contributed by atoms with E-state index in [-0.39, 0.29) is 5.92 Å². The quantitative estimate of drug-likeness (QED) is 0.843. The summed E-state index contributed by atoms with van der Waals surface area (Å²) in [6.45, 7) is 1.86. The first kappa shape index (κ1) is 12.4. The van der Waals surface area contributed by atoms with Gasteiger partial charge in [0.2, 0.25) is 5.91 Å². The molecule has 0 aromatic heterocycles. The van der Waals surface area contributed by atoms with Crippen LogP contribution in [-0.4, -0.2) is 36.0 Å². The molecule has 2 unspecified atom stereocenters. The van der Waals surface area contributed by atoms with E-state index in [0.29, 0.717) is 18.0 Å². The van der Waals surface area contributed by atoms with Gasteiger partial charge in [-0.3, -0.25) is 4.79 Å². The van der Waals surface area contributed by atoms with Crippen LogP contribution in [0, 0.1) is 5.92 Å². The Bertz CT molecular complexity index is 502. The zero-order valence-corrected chi connectivity index (χ0v) is 11.8. The van der Waals surface area contributed by atoms with Gasteiger partial charge in [0, 0.05) is 31.1 Å². The molecule has 4 rings (SSSR count). The first-order chi connectivity index (χ1) is 9.79. The van der Waals surface area contributed by atoms with Gasteiger partial charge in [-0.15, -0.1) is 0 Å². The van der Waals surface area contributed by atoms with Gasteiger partial charge >= 0.3 is 0 Å². The second-order valence-corrected chi connectivity index (χ2v) is 6.58. The highest BCUT2D eigenvalue weighted by atomic mass is 16.2. The zero-order valence-electron chi connectivity index (χ0n) is 11.8. The molecule has 0 spiro atoms. The smallest absolute Gasteiger partial charge is 0.226 e. The van der Waals surface area contributed by atoms with Crippen molar-refractivity contribution in [2.75, 3.05) is 13.1 Å².